The molecule has 0 unspecified atom stereocenters. The van der Waals surface area contributed by atoms with E-state index in [4.69, 9.17) is 23.2 Å². The smallest absolute Gasteiger partial charge is 0.276 e. The van der Waals surface area contributed by atoms with Crippen LogP contribution in [0.5, 0.6) is 0 Å². The zero-order chi connectivity index (χ0) is 15.8. The molecule has 2 rings (SSSR count). The van der Waals surface area contributed by atoms with Gasteiger partial charge in [0.05, 0.1) is 10.7 Å². The van der Waals surface area contributed by atoms with E-state index >= 15 is 0 Å². The molecule has 5 nitrogen and oxygen atoms in total. The molecule has 0 bridgehead atoms. The first-order chi connectivity index (χ1) is 9.87. The summed E-state index contributed by atoms with van der Waals surface area (Å²) in [6, 6.07) is 3.66. The number of anilines is 1. The van der Waals surface area contributed by atoms with Crippen LogP contribution in [0.4, 0.5) is 10.5 Å². The summed E-state index contributed by atoms with van der Waals surface area (Å²) < 4.78 is 0. The minimum atomic E-state index is -1.26. The number of carbonyl (C=O) groups is 3. The average molecular weight is 329 g/mol. The topological polar surface area (TPSA) is 66.5 Å². The van der Waals surface area contributed by atoms with Gasteiger partial charge in [-0.05, 0) is 31.0 Å². The van der Waals surface area contributed by atoms with E-state index in [0.717, 1.165) is 4.90 Å². The van der Waals surface area contributed by atoms with Gasteiger partial charge < -0.3 is 0 Å². The van der Waals surface area contributed by atoms with Gasteiger partial charge in [0.25, 0.3) is 5.91 Å². The number of nitrogens with zero attached hydrogens (tertiary/aromatic N) is 1. The molecular formula is C14H14Cl2N2O3. The normalized spacial score (nSPS) is 17.9. The van der Waals surface area contributed by atoms with Gasteiger partial charge in [0.2, 0.25) is 5.91 Å². The lowest BCUT2D eigenvalue weighted by molar-refractivity contribution is -0.143. The van der Waals surface area contributed by atoms with E-state index in [1.807, 2.05) is 0 Å². The molecule has 0 aliphatic carbocycles. The Morgan fingerprint density at radius 3 is 2.33 bits per heavy atom. The maximum Gasteiger partial charge on any atom is 0.335 e. The molecule has 1 aromatic rings. The molecular weight excluding hydrogens is 315 g/mol. The first-order valence-electron chi connectivity index (χ1n) is 6.52. The van der Waals surface area contributed by atoms with Crippen molar-refractivity contribution in [1.29, 1.82) is 0 Å². The minimum absolute atomic E-state index is 0.172. The average Bonchev–Trinajstić information content (AvgIpc) is 2.44. The molecule has 1 aliphatic rings. The van der Waals surface area contributed by atoms with Crippen molar-refractivity contribution in [2.24, 2.45) is 5.41 Å². The van der Waals surface area contributed by atoms with Crippen molar-refractivity contribution in [3.05, 3.63) is 28.2 Å². The highest BCUT2D eigenvalue weighted by atomic mass is 35.5. The number of halogens is 2. The molecule has 0 aromatic heterocycles. The van der Waals surface area contributed by atoms with Crippen LogP contribution in [0.3, 0.4) is 0 Å². The molecule has 0 atom stereocenters. The molecule has 7 heteroatoms. The van der Waals surface area contributed by atoms with Gasteiger partial charge in [0, 0.05) is 5.02 Å². The van der Waals surface area contributed by atoms with Crippen molar-refractivity contribution < 1.29 is 14.4 Å². The van der Waals surface area contributed by atoms with Gasteiger partial charge in [0.1, 0.15) is 5.41 Å². The molecule has 1 fully saturated rings. The molecule has 1 saturated heterocycles. The van der Waals surface area contributed by atoms with Crippen LogP contribution in [0.1, 0.15) is 26.7 Å². The highest BCUT2D eigenvalue weighted by Crippen LogP contribution is 2.37. The number of amides is 4. The first kappa shape index (κ1) is 15.8. The number of urea groups is 1. The second-order valence-electron chi connectivity index (χ2n) is 4.78. The number of nitrogens with one attached hydrogen (secondary N) is 1. The molecule has 21 heavy (non-hydrogen) atoms. The van der Waals surface area contributed by atoms with E-state index in [9.17, 15) is 14.4 Å². The Balaban J connectivity index is 2.57. The lowest BCUT2D eigenvalue weighted by atomic mass is 9.78. The van der Waals surface area contributed by atoms with Gasteiger partial charge in [-0.1, -0.05) is 37.0 Å². The Labute approximate surface area is 132 Å². The number of imide groups is 2. The third-order valence-electron chi connectivity index (χ3n) is 3.83. The van der Waals surface area contributed by atoms with Crippen LogP contribution in [-0.2, 0) is 9.59 Å². The molecule has 1 aliphatic heterocycles. The van der Waals surface area contributed by atoms with Crippen molar-refractivity contribution in [3.8, 4) is 0 Å². The number of rotatable bonds is 3. The van der Waals surface area contributed by atoms with Crippen molar-refractivity contribution in [3.63, 3.8) is 0 Å². The standard InChI is InChI=1S/C14H14Cl2N2O3/c1-3-14(4-2)11(19)17-13(21)18(12(14)20)10-7-8(15)5-6-9(10)16/h5-7H,3-4H2,1-2H3,(H,17,19,21). The summed E-state index contributed by atoms with van der Waals surface area (Å²) in [7, 11) is 0. The Morgan fingerprint density at radius 2 is 1.76 bits per heavy atom. The molecule has 0 radical (unpaired) electrons. The molecule has 1 heterocycles. The zero-order valence-corrected chi connectivity index (χ0v) is 13.1. The maximum absolute atomic E-state index is 12.7. The van der Waals surface area contributed by atoms with Crippen molar-refractivity contribution >= 4 is 46.7 Å². The maximum atomic E-state index is 12.7. The highest BCUT2D eigenvalue weighted by molar-refractivity contribution is 6.38. The van der Waals surface area contributed by atoms with E-state index < -0.39 is 23.3 Å². The highest BCUT2D eigenvalue weighted by Gasteiger charge is 2.52. The summed E-state index contributed by atoms with van der Waals surface area (Å²) in [5.41, 5.74) is -1.09. The Kier molecular flexibility index (Phi) is 4.25. The number of benzene rings is 1. The lowest BCUT2D eigenvalue weighted by Gasteiger charge is -2.38. The molecule has 0 saturated carbocycles. The van der Waals surface area contributed by atoms with Gasteiger partial charge in [-0.3, -0.25) is 14.9 Å². The Bertz CT molecular complexity index is 627. The molecule has 4 amide bonds. The van der Waals surface area contributed by atoms with Gasteiger partial charge >= 0.3 is 6.03 Å². The summed E-state index contributed by atoms with van der Waals surface area (Å²) in [6.45, 7) is 3.46. The minimum Gasteiger partial charge on any atom is -0.276 e. The van der Waals surface area contributed by atoms with E-state index in [1.54, 1.807) is 19.9 Å². The second-order valence-corrected chi connectivity index (χ2v) is 5.63. The number of carbonyl (C=O) groups excluding carboxylic acids is 3. The number of barbiturate groups is 1. The number of hydrogen-bond acceptors (Lipinski definition) is 3. The molecule has 112 valence electrons. The first-order valence-corrected chi connectivity index (χ1v) is 7.28. The van der Waals surface area contributed by atoms with E-state index in [-0.39, 0.29) is 23.6 Å². The second kappa shape index (κ2) is 5.66. The number of hydrogen-bond donors (Lipinski definition) is 1. The van der Waals surface area contributed by atoms with Crippen LogP contribution in [0, 0.1) is 5.41 Å². The molecule has 0 spiro atoms. The summed E-state index contributed by atoms with van der Waals surface area (Å²) in [5.74, 6) is -1.15. The van der Waals surface area contributed by atoms with Gasteiger partial charge in [-0.25, -0.2) is 9.69 Å². The molecule has 1 N–H and O–H groups in total. The van der Waals surface area contributed by atoms with Crippen molar-refractivity contribution in [2.75, 3.05) is 4.90 Å². The predicted octanol–water partition coefficient (Wildman–Crippen LogP) is 3.38. The van der Waals surface area contributed by atoms with Gasteiger partial charge in [-0.15, -0.1) is 0 Å². The summed E-state index contributed by atoms with van der Waals surface area (Å²) in [4.78, 5) is 37.8. The van der Waals surface area contributed by atoms with Crippen LogP contribution < -0.4 is 10.2 Å². The summed E-state index contributed by atoms with van der Waals surface area (Å²) >= 11 is 12.0. The van der Waals surface area contributed by atoms with Crippen molar-refractivity contribution in [2.45, 2.75) is 26.7 Å². The van der Waals surface area contributed by atoms with Gasteiger partial charge in [0.15, 0.2) is 0 Å². The fraction of sp³-hybridized carbons (Fsp3) is 0.357. The summed E-state index contributed by atoms with van der Waals surface area (Å²) in [5, 5.41) is 2.77. The fourth-order valence-corrected chi connectivity index (χ4v) is 2.79. The summed E-state index contributed by atoms with van der Waals surface area (Å²) in [6.07, 6.45) is 0.576. The monoisotopic (exact) mass is 328 g/mol. The van der Waals surface area contributed by atoms with Crippen molar-refractivity contribution in [1.82, 2.24) is 5.32 Å². The van der Waals surface area contributed by atoms with Crippen LogP contribution in [-0.4, -0.2) is 17.8 Å². The Morgan fingerprint density at radius 1 is 1.14 bits per heavy atom. The van der Waals surface area contributed by atoms with E-state index in [1.165, 1.54) is 12.1 Å². The van der Waals surface area contributed by atoms with E-state index in [2.05, 4.69) is 5.32 Å². The van der Waals surface area contributed by atoms with Crippen LogP contribution in [0.2, 0.25) is 10.0 Å². The third kappa shape index (κ3) is 2.40. The SMILES string of the molecule is CCC1(CC)C(=O)NC(=O)N(c2cc(Cl)ccc2Cl)C1=O. The van der Waals surface area contributed by atoms with Crippen LogP contribution in [0.25, 0.3) is 0 Å². The van der Waals surface area contributed by atoms with Crippen LogP contribution >= 0.6 is 23.2 Å². The van der Waals surface area contributed by atoms with E-state index in [0.29, 0.717) is 5.02 Å². The quantitative estimate of drug-likeness (QED) is 0.865. The van der Waals surface area contributed by atoms with Gasteiger partial charge in [-0.2, -0.15) is 0 Å². The Hall–Kier alpha value is -1.59. The predicted molar refractivity (Wildman–Crippen MR) is 80.5 cm³/mol. The fourth-order valence-electron chi connectivity index (χ4n) is 2.43. The largest absolute Gasteiger partial charge is 0.335 e. The lowest BCUT2D eigenvalue weighted by Crippen LogP contribution is -2.64. The third-order valence-corrected chi connectivity index (χ3v) is 4.38. The molecule has 1 aromatic carbocycles. The zero-order valence-electron chi connectivity index (χ0n) is 11.6. The van der Waals surface area contributed by atoms with Crippen LogP contribution in [0.15, 0.2) is 18.2 Å².